The Hall–Kier alpha value is -3.85. The van der Waals surface area contributed by atoms with Gasteiger partial charge in [-0.3, -0.25) is 13.9 Å². The van der Waals surface area contributed by atoms with Crippen molar-refractivity contribution in [3.8, 4) is 0 Å². The Morgan fingerprint density at radius 1 is 0.841 bits per heavy atom. The third-order valence-corrected chi connectivity index (χ3v) is 9.91. The van der Waals surface area contributed by atoms with Crippen LogP contribution in [-0.4, -0.2) is 44.8 Å². The molecule has 0 fully saturated rings. The molecule has 1 atom stereocenters. The third kappa shape index (κ3) is 7.80. The van der Waals surface area contributed by atoms with Crippen LogP contribution in [0.1, 0.15) is 27.8 Å². The molecule has 0 bridgehead atoms. The molecule has 0 saturated carbocycles. The van der Waals surface area contributed by atoms with Gasteiger partial charge in [-0.2, -0.15) is 0 Å². The van der Waals surface area contributed by atoms with Crippen molar-refractivity contribution < 1.29 is 18.0 Å². The second-order valence-electron chi connectivity index (χ2n) is 10.7. The van der Waals surface area contributed by atoms with Crippen LogP contribution in [0.2, 0.25) is 10.0 Å². The molecule has 0 saturated heterocycles. The Labute approximate surface area is 269 Å². The number of halogens is 2. The van der Waals surface area contributed by atoms with Gasteiger partial charge in [0.1, 0.15) is 12.6 Å². The summed E-state index contributed by atoms with van der Waals surface area (Å²) >= 11 is 12.7. The van der Waals surface area contributed by atoms with Crippen molar-refractivity contribution in [1.29, 1.82) is 0 Å². The van der Waals surface area contributed by atoms with E-state index in [2.05, 4.69) is 5.32 Å². The van der Waals surface area contributed by atoms with Gasteiger partial charge in [-0.05, 0) is 79.4 Å². The molecular weight excluding hydrogens is 617 g/mol. The smallest absolute Gasteiger partial charge is 0.264 e. The number of hydrogen-bond donors (Lipinski definition) is 1. The maximum atomic E-state index is 14.4. The predicted molar refractivity (Wildman–Crippen MR) is 177 cm³/mol. The van der Waals surface area contributed by atoms with Crippen molar-refractivity contribution in [1.82, 2.24) is 10.2 Å². The number of carbonyl (C=O) groups excluding carboxylic acids is 2. The first-order valence-corrected chi connectivity index (χ1v) is 16.3. The zero-order chi connectivity index (χ0) is 32.0. The molecule has 1 N–H and O–H groups in total. The summed E-state index contributed by atoms with van der Waals surface area (Å²) in [6.07, 6.45) is 0.200. The highest BCUT2D eigenvalue weighted by Crippen LogP contribution is 2.28. The summed E-state index contributed by atoms with van der Waals surface area (Å²) in [5.41, 5.74) is 4.49. The van der Waals surface area contributed by atoms with Gasteiger partial charge in [0.15, 0.2) is 0 Å². The largest absolute Gasteiger partial charge is 0.357 e. The van der Waals surface area contributed by atoms with Crippen molar-refractivity contribution in [3.63, 3.8) is 0 Å². The fourth-order valence-electron chi connectivity index (χ4n) is 4.80. The number of nitrogens with zero attached hydrogens (tertiary/aromatic N) is 2. The highest BCUT2D eigenvalue weighted by Gasteiger charge is 2.34. The van der Waals surface area contributed by atoms with E-state index in [0.29, 0.717) is 21.3 Å². The number of carbonyl (C=O) groups is 2. The summed E-state index contributed by atoms with van der Waals surface area (Å²) in [6, 6.07) is 25.0. The lowest BCUT2D eigenvalue weighted by Gasteiger charge is -2.34. The van der Waals surface area contributed by atoms with Crippen LogP contribution < -0.4 is 9.62 Å². The maximum Gasteiger partial charge on any atom is 0.264 e. The molecule has 0 heterocycles. The maximum absolute atomic E-state index is 14.4. The number of rotatable bonds is 11. The molecule has 4 rings (SSSR count). The number of nitrogens with one attached hydrogen (secondary N) is 1. The van der Waals surface area contributed by atoms with Gasteiger partial charge in [-0.1, -0.05) is 83.4 Å². The van der Waals surface area contributed by atoms with E-state index in [-0.39, 0.29) is 17.9 Å². The summed E-state index contributed by atoms with van der Waals surface area (Å²) in [5, 5.41) is 3.42. The van der Waals surface area contributed by atoms with E-state index in [1.165, 1.54) is 24.1 Å². The van der Waals surface area contributed by atoms with Gasteiger partial charge in [-0.25, -0.2) is 8.42 Å². The SMILES string of the molecule is CNC(=O)[C@@H](Cc1ccccc1)N(Cc1ccc(Cl)cc1Cl)C(=O)CN(c1ccc(C)c(C)c1)S(=O)(=O)c1ccc(C)cc1. The highest BCUT2D eigenvalue weighted by atomic mass is 35.5. The van der Waals surface area contributed by atoms with Crippen molar-refractivity contribution in [2.45, 2.75) is 44.7 Å². The Morgan fingerprint density at radius 2 is 1.52 bits per heavy atom. The minimum atomic E-state index is -4.18. The average Bonchev–Trinajstić information content (AvgIpc) is 3.00. The molecule has 2 amide bonds. The normalized spacial score (nSPS) is 12.0. The highest BCUT2D eigenvalue weighted by molar-refractivity contribution is 7.92. The molecule has 7 nitrogen and oxygen atoms in total. The van der Waals surface area contributed by atoms with E-state index in [1.807, 2.05) is 57.2 Å². The van der Waals surface area contributed by atoms with Crippen molar-refractivity contribution in [2.24, 2.45) is 0 Å². The first-order chi connectivity index (χ1) is 20.9. The molecule has 0 aliphatic heterocycles. The minimum Gasteiger partial charge on any atom is -0.357 e. The molecule has 0 aliphatic rings. The van der Waals surface area contributed by atoms with Crippen LogP contribution in [0.25, 0.3) is 0 Å². The quantitative estimate of drug-likeness (QED) is 0.201. The van der Waals surface area contributed by atoms with E-state index in [4.69, 9.17) is 23.2 Å². The molecule has 0 unspecified atom stereocenters. The monoisotopic (exact) mass is 651 g/mol. The van der Waals surface area contributed by atoms with Crippen LogP contribution >= 0.6 is 23.2 Å². The number of hydrogen-bond acceptors (Lipinski definition) is 4. The molecule has 4 aromatic carbocycles. The molecule has 0 radical (unpaired) electrons. The first kappa shape index (κ1) is 33.1. The van der Waals surface area contributed by atoms with Crippen LogP contribution in [0.5, 0.6) is 0 Å². The lowest BCUT2D eigenvalue weighted by atomic mass is 10.0. The van der Waals surface area contributed by atoms with Crippen molar-refractivity contribution >= 4 is 50.7 Å². The lowest BCUT2D eigenvalue weighted by Crippen LogP contribution is -2.53. The summed E-state index contributed by atoms with van der Waals surface area (Å²) in [6.45, 7) is 5.08. The summed E-state index contributed by atoms with van der Waals surface area (Å²) in [4.78, 5) is 29.2. The number of likely N-dealkylation sites (N-methyl/N-ethyl adjacent to an activating group) is 1. The second kappa shape index (κ2) is 14.3. The Kier molecular flexibility index (Phi) is 10.7. The minimum absolute atomic E-state index is 0.0496. The third-order valence-electron chi connectivity index (χ3n) is 7.54. The Bertz CT molecular complexity index is 1750. The molecule has 44 heavy (non-hydrogen) atoms. The van der Waals surface area contributed by atoms with Gasteiger partial charge in [0.05, 0.1) is 10.6 Å². The summed E-state index contributed by atoms with van der Waals surface area (Å²) < 4.78 is 29.4. The van der Waals surface area contributed by atoms with Gasteiger partial charge in [0.25, 0.3) is 10.0 Å². The van der Waals surface area contributed by atoms with Crippen LogP contribution in [0, 0.1) is 20.8 Å². The molecule has 4 aromatic rings. The van der Waals surface area contributed by atoms with Crippen LogP contribution in [-0.2, 0) is 32.6 Å². The van der Waals surface area contributed by atoms with Gasteiger partial charge in [0, 0.05) is 30.1 Å². The number of anilines is 1. The molecule has 230 valence electrons. The average molecular weight is 653 g/mol. The zero-order valence-corrected chi connectivity index (χ0v) is 27.4. The van der Waals surface area contributed by atoms with Gasteiger partial charge < -0.3 is 10.2 Å². The second-order valence-corrected chi connectivity index (χ2v) is 13.4. The first-order valence-electron chi connectivity index (χ1n) is 14.1. The Balaban J connectivity index is 1.82. The van der Waals surface area contributed by atoms with Crippen molar-refractivity contribution in [2.75, 3.05) is 17.9 Å². The fourth-order valence-corrected chi connectivity index (χ4v) is 6.68. The lowest BCUT2D eigenvalue weighted by molar-refractivity contribution is -0.139. The zero-order valence-electron chi connectivity index (χ0n) is 25.1. The van der Waals surface area contributed by atoms with E-state index >= 15 is 0 Å². The molecule has 0 aromatic heterocycles. The van der Waals surface area contributed by atoms with E-state index < -0.39 is 34.4 Å². The van der Waals surface area contributed by atoms with Gasteiger partial charge in [-0.15, -0.1) is 0 Å². The molecular formula is C34H35Cl2N3O4S. The Morgan fingerprint density at radius 3 is 2.14 bits per heavy atom. The summed E-state index contributed by atoms with van der Waals surface area (Å²) in [5.74, 6) is -0.971. The van der Waals surface area contributed by atoms with E-state index in [0.717, 1.165) is 26.6 Å². The van der Waals surface area contributed by atoms with E-state index in [9.17, 15) is 18.0 Å². The van der Waals surface area contributed by atoms with Gasteiger partial charge >= 0.3 is 0 Å². The standard InChI is InChI=1S/C34H35Cl2N3O4S/c1-23-10-16-30(17-11-23)44(42,43)39(29-15-12-24(2)25(3)18-29)22-33(40)38(21-27-13-14-28(35)20-31(27)36)32(34(41)37-4)19-26-8-6-5-7-9-26/h5-18,20,32H,19,21-22H2,1-4H3,(H,37,41)/t32-/m1/s1. The van der Waals surface area contributed by atoms with Crippen LogP contribution in [0.15, 0.2) is 95.9 Å². The van der Waals surface area contributed by atoms with Crippen LogP contribution in [0.4, 0.5) is 5.69 Å². The predicted octanol–water partition coefficient (Wildman–Crippen LogP) is 6.50. The topological polar surface area (TPSA) is 86.8 Å². The van der Waals surface area contributed by atoms with E-state index in [1.54, 1.807) is 42.5 Å². The summed E-state index contributed by atoms with van der Waals surface area (Å²) in [7, 11) is -2.68. The molecule has 0 spiro atoms. The number of aryl methyl sites for hydroxylation is 3. The van der Waals surface area contributed by atoms with Crippen LogP contribution in [0.3, 0.4) is 0 Å². The van der Waals surface area contributed by atoms with Gasteiger partial charge in [0.2, 0.25) is 11.8 Å². The number of amides is 2. The molecule has 0 aliphatic carbocycles. The fraction of sp³-hybridized carbons (Fsp3) is 0.235. The molecule has 10 heteroatoms. The number of benzene rings is 4. The van der Waals surface area contributed by atoms with Crippen molar-refractivity contribution in [3.05, 3.63) is 129 Å². The number of sulfonamides is 1.